The van der Waals surface area contributed by atoms with Crippen LogP contribution in [0.4, 0.5) is 5.69 Å². The first-order valence-corrected chi connectivity index (χ1v) is 9.21. The molecule has 0 radical (unpaired) electrons. The third-order valence-corrected chi connectivity index (χ3v) is 4.82. The van der Waals surface area contributed by atoms with Gasteiger partial charge in [-0.3, -0.25) is 4.79 Å². The largest absolute Gasteiger partial charge is 0.504 e. The standard InChI is InChI=1S/C21H23N3O3S/c1-11-7-12(2)9-15(8-11)23-20(26)18-13(3)22-21(28)24-19(18)14-5-6-16(25)17(10-14)27-4/h5-10,18-19,25H,3H2,1-2,4H3,(H,23,26)(H2,22,24,28)/t18-,19-/m1/s1. The Bertz CT molecular complexity index is 938. The van der Waals surface area contributed by atoms with Crippen LogP contribution in [0.3, 0.4) is 0 Å². The minimum absolute atomic E-state index is 0.0258. The maximum Gasteiger partial charge on any atom is 0.235 e. The maximum absolute atomic E-state index is 13.1. The van der Waals surface area contributed by atoms with E-state index in [1.54, 1.807) is 12.1 Å². The zero-order chi connectivity index (χ0) is 20.4. The molecule has 0 spiro atoms. The summed E-state index contributed by atoms with van der Waals surface area (Å²) in [6.45, 7) is 7.96. The van der Waals surface area contributed by atoms with Crippen molar-refractivity contribution in [3.05, 3.63) is 65.4 Å². The minimum atomic E-state index is -0.623. The van der Waals surface area contributed by atoms with Crippen LogP contribution >= 0.6 is 12.2 Å². The van der Waals surface area contributed by atoms with Crippen molar-refractivity contribution in [2.24, 2.45) is 5.92 Å². The molecule has 3 rings (SSSR count). The Balaban J connectivity index is 1.94. The molecule has 1 amide bonds. The van der Waals surface area contributed by atoms with E-state index >= 15 is 0 Å². The smallest absolute Gasteiger partial charge is 0.235 e. The van der Waals surface area contributed by atoms with Crippen molar-refractivity contribution in [2.45, 2.75) is 19.9 Å². The van der Waals surface area contributed by atoms with Gasteiger partial charge in [-0.05, 0) is 67.0 Å². The number of phenolic OH excluding ortho intramolecular Hbond substituents is 1. The number of hydrogen-bond acceptors (Lipinski definition) is 4. The number of methoxy groups -OCH3 is 1. The fourth-order valence-electron chi connectivity index (χ4n) is 3.43. The highest BCUT2D eigenvalue weighted by atomic mass is 32.1. The molecule has 2 atom stereocenters. The molecule has 0 bridgehead atoms. The molecular weight excluding hydrogens is 374 g/mol. The van der Waals surface area contributed by atoms with Crippen molar-refractivity contribution >= 4 is 28.9 Å². The normalized spacial score (nSPS) is 18.8. The van der Waals surface area contributed by atoms with Gasteiger partial charge in [0.1, 0.15) is 5.92 Å². The van der Waals surface area contributed by atoms with Crippen LogP contribution in [-0.4, -0.2) is 23.2 Å². The number of thiocarbonyl (C=S) groups is 1. The van der Waals surface area contributed by atoms with E-state index in [-0.39, 0.29) is 11.7 Å². The Morgan fingerprint density at radius 1 is 1.21 bits per heavy atom. The number of hydrogen-bond donors (Lipinski definition) is 4. The number of carbonyl (C=O) groups is 1. The minimum Gasteiger partial charge on any atom is -0.504 e. The van der Waals surface area contributed by atoms with Gasteiger partial charge in [0.05, 0.1) is 13.2 Å². The van der Waals surface area contributed by atoms with Crippen molar-refractivity contribution in [3.8, 4) is 11.5 Å². The Hall–Kier alpha value is -3.06. The van der Waals surface area contributed by atoms with Gasteiger partial charge >= 0.3 is 0 Å². The van der Waals surface area contributed by atoms with E-state index < -0.39 is 12.0 Å². The molecule has 7 heteroatoms. The Morgan fingerprint density at radius 3 is 2.54 bits per heavy atom. The lowest BCUT2D eigenvalue weighted by atomic mass is 9.88. The van der Waals surface area contributed by atoms with Crippen molar-refractivity contribution in [1.29, 1.82) is 0 Å². The second kappa shape index (κ2) is 7.90. The Kier molecular flexibility index (Phi) is 5.56. The van der Waals surface area contributed by atoms with Gasteiger partial charge in [-0.2, -0.15) is 0 Å². The summed E-state index contributed by atoms with van der Waals surface area (Å²) in [6.07, 6.45) is 0. The Morgan fingerprint density at radius 2 is 1.89 bits per heavy atom. The lowest BCUT2D eigenvalue weighted by Gasteiger charge is -2.35. The van der Waals surface area contributed by atoms with Crippen LogP contribution in [0.5, 0.6) is 11.5 Å². The van der Waals surface area contributed by atoms with Crippen LogP contribution < -0.4 is 20.7 Å². The lowest BCUT2D eigenvalue weighted by molar-refractivity contribution is -0.119. The van der Waals surface area contributed by atoms with Crippen molar-refractivity contribution < 1.29 is 14.6 Å². The van der Waals surface area contributed by atoms with Gasteiger partial charge < -0.3 is 25.8 Å². The zero-order valence-corrected chi connectivity index (χ0v) is 16.8. The van der Waals surface area contributed by atoms with Crippen LogP contribution in [-0.2, 0) is 4.79 Å². The molecule has 0 saturated carbocycles. The molecule has 2 aromatic carbocycles. The highest BCUT2D eigenvalue weighted by Gasteiger charge is 2.37. The topological polar surface area (TPSA) is 82.6 Å². The fraction of sp³-hybridized carbons (Fsp3) is 0.238. The van der Waals surface area contributed by atoms with Crippen molar-refractivity contribution in [1.82, 2.24) is 10.6 Å². The van der Waals surface area contributed by atoms with Gasteiger partial charge in [0.2, 0.25) is 5.91 Å². The van der Waals surface area contributed by atoms with Gasteiger partial charge in [-0.15, -0.1) is 0 Å². The number of rotatable bonds is 4. The first-order valence-electron chi connectivity index (χ1n) is 8.81. The highest BCUT2D eigenvalue weighted by molar-refractivity contribution is 7.80. The van der Waals surface area contributed by atoms with E-state index in [0.717, 1.165) is 22.4 Å². The molecule has 6 nitrogen and oxygen atoms in total. The highest BCUT2D eigenvalue weighted by Crippen LogP contribution is 2.35. The molecule has 1 saturated heterocycles. The van der Waals surface area contributed by atoms with E-state index in [1.165, 1.54) is 13.2 Å². The molecule has 1 aliphatic heterocycles. The van der Waals surface area contributed by atoms with E-state index in [4.69, 9.17) is 17.0 Å². The molecule has 0 aromatic heterocycles. The number of nitrogens with one attached hydrogen (secondary N) is 3. The number of benzene rings is 2. The van der Waals surface area contributed by atoms with Crippen LogP contribution in [0.15, 0.2) is 48.7 Å². The fourth-order valence-corrected chi connectivity index (χ4v) is 3.68. The summed E-state index contributed by atoms with van der Waals surface area (Å²) < 4.78 is 5.20. The van der Waals surface area contributed by atoms with E-state index in [2.05, 4.69) is 22.5 Å². The maximum atomic E-state index is 13.1. The summed E-state index contributed by atoms with van der Waals surface area (Å²) in [5, 5.41) is 19.3. The monoisotopic (exact) mass is 397 g/mol. The molecule has 28 heavy (non-hydrogen) atoms. The number of aromatic hydroxyl groups is 1. The molecule has 1 heterocycles. The van der Waals surface area contributed by atoms with Crippen LogP contribution in [0, 0.1) is 19.8 Å². The summed E-state index contributed by atoms with van der Waals surface area (Å²) >= 11 is 5.25. The summed E-state index contributed by atoms with van der Waals surface area (Å²) in [6, 6.07) is 10.4. The van der Waals surface area contributed by atoms with Gasteiger partial charge in [0.15, 0.2) is 16.6 Å². The number of phenols is 1. The summed E-state index contributed by atoms with van der Waals surface area (Å²) in [5.41, 5.74) is 4.11. The Labute approximate surface area is 169 Å². The number of amides is 1. The summed E-state index contributed by atoms with van der Waals surface area (Å²) in [5.74, 6) is -0.489. The molecule has 0 aliphatic carbocycles. The molecule has 146 valence electrons. The first kappa shape index (κ1) is 19.7. The van der Waals surface area contributed by atoms with Crippen molar-refractivity contribution in [2.75, 3.05) is 12.4 Å². The second-order valence-corrected chi connectivity index (χ2v) is 7.28. The predicted molar refractivity (Wildman–Crippen MR) is 113 cm³/mol. The van der Waals surface area contributed by atoms with Gasteiger partial charge in [-0.1, -0.05) is 18.7 Å². The van der Waals surface area contributed by atoms with Crippen LogP contribution in [0.1, 0.15) is 22.7 Å². The molecule has 0 unspecified atom stereocenters. The average molecular weight is 398 g/mol. The second-order valence-electron chi connectivity index (χ2n) is 6.88. The molecule has 1 fully saturated rings. The molecule has 2 aromatic rings. The number of ether oxygens (including phenoxy) is 1. The molecule has 1 aliphatic rings. The number of anilines is 1. The van der Waals surface area contributed by atoms with Gasteiger partial charge in [-0.25, -0.2) is 0 Å². The quantitative estimate of drug-likeness (QED) is 0.593. The molecular formula is C21H23N3O3S. The van der Waals surface area contributed by atoms with Gasteiger partial charge in [0, 0.05) is 11.4 Å². The van der Waals surface area contributed by atoms with Gasteiger partial charge in [0.25, 0.3) is 0 Å². The third-order valence-electron chi connectivity index (χ3n) is 4.60. The SMILES string of the molecule is C=C1NC(=S)N[C@H](c2ccc(O)c(OC)c2)[C@@H]1C(=O)Nc1cc(C)cc(C)c1. The number of carbonyl (C=O) groups excluding carboxylic acids is 1. The summed E-state index contributed by atoms with van der Waals surface area (Å²) in [4.78, 5) is 13.1. The van der Waals surface area contributed by atoms with Crippen LogP contribution in [0.2, 0.25) is 0 Å². The third kappa shape index (κ3) is 4.09. The van der Waals surface area contributed by atoms with E-state index in [0.29, 0.717) is 16.6 Å². The van der Waals surface area contributed by atoms with Crippen molar-refractivity contribution in [3.63, 3.8) is 0 Å². The number of aryl methyl sites for hydroxylation is 2. The van der Waals surface area contributed by atoms with E-state index in [9.17, 15) is 9.90 Å². The lowest BCUT2D eigenvalue weighted by Crippen LogP contribution is -2.51. The van der Waals surface area contributed by atoms with Crippen LogP contribution in [0.25, 0.3) is 0 Å². The van der Waals surface area contributed by atoms with E-state index in [1.807, 2.05) is 32.0 Å². The predicted octanol–water partition coefficient (Wildman–Crippen LogP) is 3.31. The summed E-state index contributed by atoms with van der Waals surface area (Å²) in [7, 11) is 1.47. The molecule has 4 N–H and O–H groups in total. The first-order chi connectivity index (χ1) is 13.3. The zero-order valence-electron chi connectivity index (χ0n) is 16.0. The average Bonchev–Trinajstić information content (AvgIpc) is 2.60.